The largest absolute Gasteiger partial charge is 0.379 e. The van der Waals surface area contributed by atoms with Crippen molar-refractivity contribution in [1.82, 2.24) is 5.32 Å². The molecule has 124 valence electrons. The van der Waals surface area contributed by atoms with Gasteiger partial charge in [0.2, 0.25) is 0 Å². The van der Waals surface area contributed by atoms with Crippen LogP contribution in [0.4, 0.5) is 0 Å². The number of sulfone groups is 1. The molecule has 1 aromatic carbocycles. The number of fused-ring (bicyclic) bond motifs is 1. The van der Waals surface area contributed by atoms with Gasteiger partial charge in [-0.1, -0.05) is 38.1 Å². The zero-order valence-electron chi connectivity index (χ0n) is 13.8. The van der Waals surface area contributed by atoms with Gasteiger partial charge in [-0.3, -0.25) is 0 Å². The molecule has 1 aliphatic carbocycles. The summed E-state index contributed by atoms with van der Waals surface area (Å²) in [6.45, 7) is 6.16. The predicted octanol–water partition coefficient (Wildman–Crippen LogP) is 2.45. The van der Waals surface area contributed by atoms with Gasteiger partial charge in [-0.25, -0.2) is 8.42 Å². The molecule has 1 aromatic rings. The third-order valence-corrected chi connectivity index (χ3v) is 5.27. The zero-order chi connectivity index (χ0) is 16.2. The molecular weight excluding hydrogens is 298 g/mol. The molecule has 1 N–H and O–H groups in total. The first kappa shape index (κ1) is 17.4. The molecule has 0 amide bonds. The summed E-state index contributed by atoms with van der Waals surface area (Å²) in [6.07, 6.45) is 3.51. The zero-order valence-corrected chi connectivity index (χ0v) is 14.6. The van der Waals surface area contributed by atoms with Crippen LogP contribution in [0.2, 0.25) is 0 Å². The van der Waals surface area contributed by atoms with Crippen LogP contribution in [-0.4, -0.2) is 40.2 Å². The summed E-state index contributed by atoms with van der Waals surface area (Å²) >= 11 is 0. The lowest BCUT2D eigenvalue weighted by atomic mass is 9.71. The quantitative estimate of drug-likeness (QED) is 0.783. The molecule has 1 atom stereocenters. The second-order valence-electron chi connectivity index (χ2n) is 6.76. The average Bonchev–Trinajstić information content (AvgIpc) is 2.44. The van der Waals surface area contributed by atoms with Gasteiger partial charge in [0, 0.05) is 18.8 Å². The maximum Gasteiger partial charge on any atom is 0.149 e. The van der Waals surface area contributed by atoms with E-state index in [-0.39, 0.29) is 17.8 Å². The van der Waals surface area contributed by atoms with Gasteiger partial charge in [0.25, 0.3) is 0 Å². The van der Waals surface area contributed by atoms with E-state index in [1.807, 2.05) is 0 Å². The Hall–Kier alpha value is -0.910. The van der Waals surface area contributed by atoms with Crippen LogP contribution in [0.25, 0.3) is 0 Å². The predicted molar refractivity (Wildman–Crippen MR) is 90.0 cm³/mol. The van der Waals surface area contributed by atoms with E-state index in [2.05, 4.69) is 43.4 Å². The minimum atomic E-state index is -2.93. The molecule has 0 saturated carbocycles. The van der Waals surface area contributed by atoms with Crippen molar-refractivity contribution >= 4 is 9.84 Å². The van der Waals surface area contributed by atoms with Gasteiger partial charge in [0.05, 0.1) is 19.0 Å². The minimum Gasteiger partial charge on any atom is -0.379 e. The maximum absolute atomic E-state index is 11.0. The van der Waals surface area contributed by atoms with Gasteiger partial charge >= 0.3 is 0 Å². The number of ether oxygens (including phenoxy) is 1. The van der Waals surface area contributed by atoms with E-state index in [0.29, 0.717) is 12.6 Å². The number of rotatable bonds is 7. The van der Waals surface area contributed by atoms with Crippen LogP contribution in [0.3, 0.4) is 0 Å². The SMILES string of the molecule is CC1(C)CC[C@@H](NCCOCCS(C)(=O)=O)c2ccccc21. The third-order valence-electron chi connectivity index (χ3n) is 4.36. The van der Waals surface area contributed by atoms with Crippen molar-refractivity contribution in [3.63, 3.8) is 0 Å². The molecule has 0 aromatic heterocycles. The monoisotopic (exact) mass is 325 g/mol. The van der Waals surface area contributed by atoms with E-state index in [4.69, 9.17) is 4.74 Å². The summed E-state index contributed by atoms with van der Waals surface area (Å²) in [5.41, 5.74) is 3.05. The normalized spacial score (nSPS) is 20.6. The number of hydrogen-bond acceptors (Lipinski definition) is 4. The van der Waals surface area contributed by atoms with Crippen LogP contribution in [0.15, 0.2) is 24.3 Å². The van der Waals surface area contributed by atoms with Gasteiger partial charge in [-0.15, -0.1) is 0 Å². The summed E-state index contributed by atoms with van der Waals surface area (Å²) < 4.78 is 27.4. The Morgan fingerprint density at radius 2 is 2.00 bits per heavy atom. The number of hydrogen-bond donors (Lipinski definition) is 1. The second kappa shape index (κ2) is 7.11. The van der Waals surface area contributed by atoms with Gasteiger partial charge in [0.1, 0.15) is 9.84 Å². The molecule has 0 aliphatic heterocycles. The van der Waals surface area contributed by atoms with Gasteiger partial charge in [0.15, 0.2) is 0 Å². The van der Waals surface area contributed by atoms with Crippen LogP contribution in [0.5, 0.6) is 0 Å². The van der Waals surface area contributed by atoms with Gasteiger partial charge < -0.3 is 10.1 Å². The van der Waals surface area contributed by atoms with Crippen LogP contribution in [0.1, 0.15) is 43.9 Å². The molecule has 0 heterocycles. The Morgan fingerprint density at radius 1 is 1.27 bits per heavy atom. The van der Waals surface area contributed by atoms with Gasteiger partial charge in [-0.05, 0) is 29.4 Å². The highest BCUT2D eigenvalue weighted by Gasteiger charge is 2.31. The molecule has 2 rings (SSSR count). The Labute approximate surface area is 134 Å². The first-order valence-corrected chi connectivity index (χ1v) is 9.94. The molecule has 0 unspecified atom stereocenters. The third kappa shape index (κ3) is 4.80. The fourth-order valence-corrected chi connectivity index (χ4v) is 3.46. The molecule has 0 bridgehead atoms. The molecule has 0 fully saturated rings. The molecule has 1 aliphatic rings. The van der Waals surface area contributed by atoms with Gasteiger partial charge in [-0.2, -0.15) is 0 Å². The molecule has 22 heavy (non-hydrogen) atoms. The van der Waals surface area contributed by atoms with Crippen molar-refractivity contribution in [2.45, 2.75) is 38.1 Å². The van der Waals surface area contributed by atoms with E-state index >= 15 is 0 Å². The first-order chi connectivity index (χ1) is 10.3. The lowest BCUT2D eigenvalue weighted by molar-refractivity contribution is 0.146. The van der Waals surface area contributed by atoms with Crippen LogP contribution in [-0.2, 0) is 20.0 Å². The van der Waals surface area contributed by atoms with E-state index in [0.717, 1.165) is 19.4 Å². The Kier molecular flexibility index (Phi) is 5.64. The Morgan fingerprint density at radius 3 is 2.73 bits per heavy atom. The van der Waals surface area contributed by atoms with Crippen molar-refractivity contribution < 1.29 is 13.2 Å². The maximum atomic E-state index is 11.0. The van der Waals surface area contributed by atoms with Crippen LogP contribution in [0, 0.1) is 0 Å². The summed E-state index contributed by atoms with van der Waals surface area (Å²) in [5, 5.41) is 3.54. The van der Waals surface area contributed by atoms with E-state index < -0.39 is 9.84 Å². The topological polar surface area (TPSA) is 55.4 Å². The van der Waals surface area contributed by atoms with Crippen LogP contribution >= 0.6 is 0 Å². The summed E-state index contributed by atoms with van der Waals surface area (Å²) in [4.78, 5) is 0. The Balaban J connectivity index is 1.82. The molecule has 0 spiro atoms. The standard InChI is InChI=1S/C17H27NO3S/c1-17(2)9-8-16(14-6-4-5-7-15(14)17)18-10-11-21-12-13-22(3,19)20/h4-7,16,18H,8-13H2,1-3H3/t16-/m1/s1. The van der Waals surface area contributed by atoms with Crippen molar-refractivity contribution in [2.75, 3.05) is 31.8 Å². The summed E-state index contributed by atoms with van der Waals surface area (Å²) in [7, 11) is -2.93. The molecular formula is C17H27NO3S. The van der Waals surface area contributed by atoms with Crippen LogP contribution < -0.4 is 5.32 Å². The fourth-order valence-electron chi connectivity index (χ4n) is 3.04. The van der Waals surface area contributed by atoms with E-state index in [1.165, 1.54) is 17.4 Å². The highest BCUT2D eigenvalue weighted by Crippen LogP contribution is 2.41. The average molecular weight is 325 g/mol. The number of benzene rings is 1. The van der Waals surface area contributed by atoms with Crippen molar-refractivity contribution in [3.05, 3.63) is 35.4 Å². The van der Waals surface area contributed by atoms with Crippen molar-refractivity contribution in [1.29, 1.82) is 0 Å². The smallest absolute Gasteiger partial charge is 0.149 e. The molecule has 0 saturated heterocycles. The summed E-state index contributed by atoms with van der Waals surface area (Å²) in [6, 6.07) is 9.00. The molecule has 0 radical (unpaired) electrons. The summed E-state index contributed by atoms with van der Waals surface area (Å²) in [5.74, 6) is 0.0907. The van der Waals surface area contributed by atoms with E-state index in [1.54, 1.807) is 0 Å². The number of nitrogens with one attached hydrogen (secondary N) is 1. The molecule has 4 nitrogen and oxygen atoms in total. The molecule has 5 heteroatoms. The van der Waals surface area contributed by atoms with E-state index in [9.17, 15) is 8.42 Å². The fraction of sp³-hybridized carbons (Fsp3) is 0.647. The lowest BCUT2D eigenvalue weighted by Gasteiger charge is -2.37. The second-order valence-corrected chi connectivity index (χ2v) is 9.02. The highest BCUT2D eigenvalue weighted by molar-refractivity contribution is 7.90. The first-order valence-electron chi connectivity index (χ1n) is 7.88. The van der Waals surface area contributed by atoms with Crippen molar-refractivity contribution in [2.24, 2.45) is 0 Å². The highest BCUT2D eigenvalue weighted by atomic mass is 32.2. The Bertz CT molecular complexity index is 596. The van der Waals surface area contributed by atoms with Crippen molar-refractivity contribution in [3.8, 4) is 0 Å². The minimum absolute atomic E-state index is 0.0907. The lowest BCUT2D eigenvalue weighted by Crippen LogP contribution is -2.34.